The summed E-state index contributed by atoms with van der Waals surface area (Å²) in [7, 11) is 5.33. The van der Waals surface area contributed by atoms with Crippen molar-refractivity contribution in [3.8, 4) is 11.5 Å². The Kier molecular flexibility index (Phi) is 6.71. The van der Waals surface area contributed by atoms with Crippen molar-refractivity contribution in [2.24, 2.45) is 0 Å². The Morgan fingerprint density at radius 3 is 2.54 bits per heavy atom. The van der Waals surface area contributed by atoms with Gasteiger partial charge in [0.2, 0.25) is 5.91 Å². The Balaban J connectivity index is 1.53. The molecule has 7 heteroatoms. The molecule has 7 nitrogen and oxygen atoms in total. The molecule has 0 aliphatic carbocycles. The van der Waals surface area contributed by atoms with Crippen molar-refractivity contribution >= 4 is 11.7 Å². The standard InChI is InChI=1S/C21H28N4O3/c1-24-8-10-25(11-9-24)20-7-4-16(14-22-20)15-23-21(26)13-17-12-18(27-2)5-6-19(17)28-3/h4-7,12,14H,8-11,13,15H2,1-3H3,(H,23,26). The van der Waals surface area contributed by atoms with E-state index in [1.165, 1.54) is 0 Å². The maximum absolute atomic E-state index is 12.4. The second-order valence-corrected chi connectivity index (χ2v) is 6.95. The molecule has 2 heterocycles. The van der Waals surface area contributed by atoms with Crippen LogP contribution in [0.15, 0.2) is 36.5 Å². The molecule has 1 saturated heterocycles. The van der Waals surface area contributed by atoms with E-state index in [1.54, 1.807) is 14.2 Å². The number of carbonyl (C=O) groups is 1. The number of hydrogen-bond donors (Lipinski definition) is 1. The predicted octanol–water partition coefficient (Wildman–Crippen LogP) is 1.71. The summed E-state index contributed by atoms with van der Waals surface area (Å²) < 4.78 is 10.6. The van der Waals surface area contributed by atoms with Gasteiger partial charge in [-0.3, -0.25) is 4.79 Å². The lowest BCUT2D eigenvalue weighted by atomic mass is 10.1. The average molecular weight is 384 g/mol. The lowest BCUT2D eigenvalue weighted by Gasteiger charge is -2.33. The monoisotopic (exact) mass is 384 g/mol. The van der Waals surface area contributed by atoms with Crippen LogP contribution in [0.4, 0.5) is 5.82 Å². The maximum Gasteiger partial charge on any atom is 0.224 e. The van der Waals surface area contributed by atoms with E-state index < -0.39 is 0 Å². The first-order valence-electron chi connectivity index (χ1n) is 9.45. The van der Waals surface area contributed by atoms with Crippen LogP contribution in [0.25, 0.3) is 0 Å². The molecule has 1 N–H and O–H groups in total. The maximum atomic E-state index is 12.4. The zero-order valence-electron chi connectivity index (χ0n) is 16.8. The average Bonchev–Trinajstić information content (AvgIpc) is 2.73. The van der Waals surface area contributed by atoms with Crippen molar-refractivity contribution in [1.29, 1.82) is 0 Å². The van der Waals surface area contributed by atoms with Gasteiger partial charge in [0.15, 0.2) is 0 Å². The first-order chi connectivity index (χ1) is 13.6. The SMILES string of the molecule is COc1ccc(OC)c(CC(=O)NCc2ccc(N3CCN(C)CC3)nc2)c1. The number of methoxy groups -OCH3 is 2. The number of piperazine rings is 1. The van der Waals surface area contributed by atoms with Gasteiger partial charge in [-0.15, -0.1) is 0 Å². The van der Waals surface area contributed by atoms with E-state index in [4.69, 9.17) is 9.47 Å². The van der Waals surface area contributed by atoms with Gasteiger partial charge in [0.1, 0.15) is 17.3 Å². The van der Waals surface area contributed by atoms with Gasteiger partial charge in [-0.05, 0) is 36.9 Å². The van der Waals surface area contributed by atoms with E-state index in [9.17, 15) is 4.79 Å². The number of rotatable bonds is 7. The smallest absolute Gasteiger partial charge is 0.224 e. The number of nitrogens with one attached hydrogen (secondary N) is 1. The van der Waals surface area contributed by atoms with Crippen molar-refractivity contribution in [3.63, 3.8) is 0 Å². The minimum Gasteiger partial charge on any atom is -0.497 e. The number of pyridine rings is 1. The van der Waals surface area contributed by atoms with Crippen molar-refractivity contribution in [3.05, 3.63) is 47.7 Å². The lowest BCUT2D eigenvalue weighted by molar-refractivity contribution is -0.120. The molecular formula is C21H28N4O3. The molecule has 0 unspecified atom stereocenters. The molecular weight excluding hydrogens is 356 g/mol. The summed E-state index contributed by atoms with van der Waals surface area (Å²) in [4.78, 5) is 21.5. The van der Waals surface area contributed by atoms with Gasteiger partial charge in [-0.25, -0.2) is 4.98 Å². The molecule has 3 rings (SSSR count). The zero-order valence-corrected chi connectivity index (χ0v) is 16.8. The molecule has 0 spiro atoms. The molecule has 2 aromatic rings. The van der Waals surface area contributed by atoms with Crippen molar-refractivity contribution in [1.82, 2.24) is 15.2 Å². The van der Waals surface area contributed by atoms with Crippen molar-refractivity contribution in [2.45, 2.75) is 13.0 Å². The van der Waals surface area contributed by atoms with Gasteiger partial charge in [0.05, 0.1) is 20.6 Å². The Labute approximate surface area is 166 Å². The molecule has 28 heavy (non-hydrogen) atoms. The first-order valence-corrected chi connectivity index (χ1v) is 9.45. The fourth-order valence-electron chi connectivity index (χ4n) is 3.20. The summed E-state index contributed by atoms with van der Waals surface area (Å²) in [6.07, 6.45) is 2.06. The normalized spacial score (nSPS) is 14.6. The van der Waals surface area contributed by atoms with Crippen molar-refractivity contribution in [2.75, 3.05) is 52.3 Å². The molecule has 1 aromatic heterocycles. The zero-order chi connectivity index (χ0) is 19.9. The topological polar surface area (TPSA) is 66.9 Å². The molecule has 0 saturated carbocycles. The van der Waals surface area contributed by atoms with Gasteiger partial charge in [-0.1, -0.05) is 6.07 Å². The molecule has 1 aliphatic rings. The molecule has 1 amide bonds. The summed E-state index contributed by atoms with van der Waals surface area (Å²) in [5.74, 6) is 2.29. The number of likely N-dealkylation sites (N-methyl/N-ethyl adjacent to an activating group) is 1. The van der Waals surface area contributed by atoms with Crippen LogP contribution in [0.5, 0.6) is 11.5 Å². The van der Waals surface area contributed by atoms with E-state index in [0.29, 0.717) is 18.0 Å². The fraction of sp³-hybridized carbons (Fsp3) is 0.429. The minimum absolute atomic E-state index is 0.0744. The number of aromatic nitrogens is 1. The molecule has 1 fully saturated rings. The Hall–Kier alpha value is -2.80. The summed E-state index contributed by atoms with van der Waals surface area (Å²) in [5, 5.41) is 2.95. The minimum atomic E-state index is -0.0744. The number of carbonyl (C=O) groups excluding carboxylic acids is 1. The second-order valence-electron chi connectivity index (χ2n) is 6.95. The van der Waals surface area contributed by atoms with Crippen LogP contribution in [0.1, 0.15) is 11.1 Å². The van der Waals surface area contributed by atoms with Gasteiger partial charge in [-0.2, -0.15) is 0 Å². The van der Waals surface area contributed by atoms with E-state index in [-0.39, 0.29) is 12.3 Å². The molecule has 1 aliphatic heterocycles. The van der Waals surface area contributed by atoms with Crippen LogP contribution < -0.4 is 19.7 Å². The number of hydrogen-bond acceptors (Lipinski definition) is 6. The summed E-state index contributed by atoms with van der Waals surface area (Å²) in [6.45, 7) is 4.52. The number of nitrogens with zero attached hydrogens (tertiary/aromatic N) is 3. The Morgan fingerprint density at radius 1 is 1.11 bits per heavy atom. The van der Waals surface area contributed by atoms with Crippen molar-refractivity contribution < 1.29 is 14.3 Å². The Bertz CT molecular complexity index is 787. The number of benzene rings is 1. The van der Waals surface area contributed by atoms with Gasteiger partial charge in [0, 0.05) is 44.5 Å². The van der Waals surface area contributed by atoms with E-state index >= 15 is 0 Å². The van der Waals surface area contributed by atoms with Crippen LogP contribution in [0.2, 0.25) is 0 Å². The quantitative estimate of drug-likeness (QED) is 0.784. The Morgan fingerprint density at radius 2 is 1.89 bits per heavy atom. The molecule has 0 radical (unpaired) electrons. The summed E-state index contributed by atoms with van der Waals surface area (Å²) >= 11 is 0. The van der Waals surface area contributed by atoms with Crippen LogP contribution >= 0.6 is 0 Å². The third-order valence-corrected chi connectivity index (χ3v) is 4.96. The highest BCUT2D eigenvalue weighted by Gasteiger charge is 2.15. The highest BCUT2D eigenvalue weighted by molar-refractivity contribution is 5.79. The largest absolute Gasteiger partial charge is 0.497 e. The van der Waals surface area contributed by atoms with E-state index in [1.807, 2.05) is 36.5 Å². The lowest BCUT2D eigenvalue weighted by Crippen LogP contribution is -2.44. The number of ether oxygens (including phenoxy) is 2. The second kappa shape index (κ2) is 9.41. The van der Waals surface area contributed by atoms with E-state index in [2.05, 4.69) is 27.1 Å². The van der Waals surface area contributed by atoms with Gasteiger partial charge < -0.3 is 24.6 Å². The predicted molar refractivity (Wildman–Crippen MR) is 109 cm³/mol. The highest BCUT2D eigenvalue weighted by atomic mass is 16.5. The first kappa shape index (κ1) is 19.9. The summed E-state index contributed by atoms with van der Waals surface area (Å²) in [6, 6.07) is 9.49. The molecule has 0 atom stereocenters. The third kappa shape index (κ3) is 5.13. The highest BCUT2D eigenvalue weighted by Crippen LogP contribution is 2.24. The number of anilines is 1. The molecule has 150 valence electrons. The summed E-state index contributed by atoms with van der Waals surface area (Å²) in [5.41, 5.74) is 1.77. The van der Waals surface area contributed by atoms with Crippen LogP contribution in [-0.4, -0.2) is 63.2 Å². The molecule has 1 aromatic carbocycles. The van der Waals surface area contributed by atoms with Crippen LogP contribution in [-0.2, 0) is 17.8 Å². The van der Waals surface area contributed by atoms with Gasteiger partial charge >= 0.3 is 0 Å². The van der Waals surface area contributed by atoms with Crippen LogP contribution in [0, 0.1) is 0 Å². The van der Waals surface area contributed by atoms with Gasteiger partial charge in [0.25, 0.3) is 0 Å². The van der Waals surface area contributed by atoms with E-state index in [0.717, 1.165) is 43.1 Å². The van der Waals surface area contributed by atoms with Crippen LogP contribution in [0.3, 0.4) is 0 Å². The fourth-order valence-corrected chi connectivity index (χ4v) is 3.20. The third-order valence-electron chi connectivity index (χ3n) is 4.96. The molecule has 0 bridgehead atoms. The number of amides is 1.